The molecule has 1 atom stereocenters. The van der Waals surface area contributed by atoms with Gasteiger partial charge in [-0.2, -0.15) is 11.8 Å². The first-order valence-corrected chi connectivity index (χ1v) is 8.47. The smallest absolute Gasteiger partial charge is 0.0468 e. The molecule has 1 rings (SSSR count). The Morgan fingerprint density at radius 3 is 2.67 bits per heavy atom. The van der Waals surface area contributed by atoms with E-state index in [4.69, 9.17) is 23.2 Å². The predicted molar refractivity (Wildman–Crippen MR) is 85.1 cm³/mol. The van der Waals surface area contributed by atoms with E-state index in [1.54, 1.807) is 6.07 Å². The van der Waals surface area contributed by atoms with E-state index >= 15 is 0 Å². The van der Waals surface area contributed by atoms with E-state index in [1.807, 2.05) is 23.9 Å². The number of nitrogens with one attached hydrogen (secondary N) is 1. The van der Waals surface area contributed by atoms with E-state index in [2.05, 4.69) is 18.5 Å². The lowest BCUT2D eigenvalue weighted by molar-refractivity contribution is 0.545. The Bertz CT molecular complexity index is 358. The summed E-state index contributed by atoms with van der Waals surface area (Å²) in [6, 6.07) is 5.96. The van der Waals surface area contributed by atoms with E-state index in [0.29, 0.717) is 5.02 Å². The second-order valence-corrected chi connectivity index (χ2v) is 6.22. The van der Waals surface area contributed by atoms with Crippen molar-refractivity contribution in [2.45, 2.75) is 32.2 Å². The second kappa shape index (κ2) is 9.08. The van der Waals surface area contributed by atoms with Crippen LogP contribution in [0.2, 0.25) is 10.0 Å². The third-order valence-corrected chi connectivity index (χ3v) is 4.16. The Morgan fingerprint density at radius 2 is 2.00 bits per heavy atom. The summed E-state index contributed by atoms with van der Waals surface area (Å²) in [6.07, 6.45) is 5.97. The van der Waals surface area contributed by atoms with Crippen LogP contribution < -0.4 is 5.32 Å². The van der Waals surface area contributed by atoms with Gasteiger partial charge in [-0.15, -0.1) is 0 Å². The number of halogens is 2. The van der Waals surface area contributed by atoms with E-state index in [0.717, 1.165) is 17.1 Å². The van der Waals surface area contributed by atoms with Crippen molar-refractivity contribution in [3.05, 3.63) is 33.8 Å². The van der Waals surface area contributed by atoms with Gasteiger partial charge in [-0.25, -0.2) is 0 Å². The predicted octanol–water partition coefficient (Wildman–Crippen LogP) is 5.18. The minimum Gasteiger partial charge on any atom is -0.310 e. The van der Waals surface area contributed by atoms with Gasteiger partial charge in [0.1, 0.15) is 0 Å². The van der Waals surface area contributed by atoms with E-state index in [9.17, 15) is 0 Å². The Balaban J connectivity index is 2.29. The SMILES string of the molecule is CSCCCCCNC(C)c1ccc(Cl)cc1Cl. The maximum absolute atomic E-state index is 6.18. The Morgan fingerprint density at radius 1 is 1.22 bits per heavy atom. The molecule has 1 nitrogen and oxygen atoms in total. The maximum atomic E-state index is 6.18. The average Bonchev–Trinajstić information content (AvgIpc) is 2.33. The Labute approximate surface area is 125 Å². The normalized spacial score (nSPS) is 12.7. The minimum atomic E-state index is 0.273. The number of rotatable bonds is 8. The number of hydrogen-bond donors (Lipinski definition) is 1. The van der Waals surface area contributed by atoms with Crippen LogP contribution in [0.3, 0.4) is 0 Å². The van der Waals surface area contributed by atoms with Gasteiger partial charge in [-0.3, -0.25) is 0 Å². The van der Waals surface area contributed by atoms with Crippen molar-refractivity contribution in [2.24, 2.45) is 0 Å². The third-order valence-electron chi connectivity index (χ3n) is 2.90. The van der Waals surface area contributed by atoms with Gasteiger partial charge in [0.2, 0.25) is 0 Å². The zero-order valence-corrected chi connectivity index (χ0v) is 13.3. The first kappa shape index (κ1) is 16.2. The highest BCUT2D eigenvalue weighted by molar-refractivity contribution is 7.98. The summed E-state index contributed by atoms with van der Waals surface area (Å²) in [6.45, 7) is 3.17. The fourth-order valence-electron chi connectivity index (χ4n) is 1.83. The van der Waals surface area contributed by atoms with Crippen LogP contribution in [0.4, 0.5) is 0 Å². The zero-order chi connectivity index (χ0) is 13.4. The molecule has 0 aliphatic carbocycles. The number of unbranched alkanes of at least 4 members (excludes halogenated alkanes) is 2. The summed E-state index contributed by atoms with van der Waals surface area (Å²) < 4.78 is 0. The highest BCUT2D eigenvalue weighted by Gasteiger charge is 2.08. The van der Waals surface area contributed by atoms with Crippen molar-refractivity contribution in [1.82, 2.24) is 5.32 Å². The molecule has 0 fully saturated rings. The molecule has 0 aliphatic rings. The highest BCUT2D eigenvalue weighted by Crippen LogP contribution is 2.25. The number of hydrogen-bond acceptors (Lipinski definition) is 2. The van der Waals surface area contributed by atoms with Gasteiger partial charge in [0.15, 0.2) is 0 Å². The summed E-state index contributed by atoms with van der Waals surface area (Å²) in [5.74, 6) is 1.26. The molecule has 0 saturated heterocycles. The summed E-state index contributed by atoms with van der Waals surface area (Å²) in [5.41, 5.74) is 1.12. The van der Waals surface area contributed by atoms with Gasteiger partial charge in [0.05, 0.1) is 0 Å². The van der Waals surface area contributed by atoms with Gasteiger partial charge >= 0.3 is 0 Å². The van der Waals surface area contributed by atoms with Crippen molar-refractivity contribution in [1.29, 1.82) is 0 Å². The molecule has 0 radical (unpaired) electrons. The zero-order valence-electron chi connectivity index (χ0n) is 11.0. The maximum Gasteiger partial charge on any atom is 0.0468 e. The van der Waals surface area contributed by atoms with Gasteiger partial charge in [-0.1, -0.05) is 35.7 Å². The topological polar surface area (TPSA) is 12.0 Å². The molecule has 0 bridgehead atoms. The van der Waals surface area contributed by atoms with Crippen LogP contribution in [0, 0.1) is 0 Å². The van der Waals surface area contributed by atoms with Crippen LogP contribution in [-0.2, 0) is 0 Å². The fourth-order valence-corrected chi connectivity index (χ4v) is 2.89. The molecule has 102 valence electrons. The lowest BCUT2D eigenvalue weighted by Crippen LogP contribution is -2.20. The summed E-state index contributed by atoms with van der Waals surface area (Å²) in [4.78, 5) is 0. The van der Waals surface area contributed by atoms with E-state index < -0.39 is 0 Å². The van der Waals surface area contributed by atoms with Crippen LogP contribution in [0.25, 0.3) is 0 Å². The van der Waals surface area contributed by atoms with Crippen LogP contribution in [0.1, 0.15) is 37.8 Å². The molecule has 0 spiro atoms. The first-order chi connectivity index (χ1) is 8.65. The minimum absolute atomic E-state index is 0.273. The molecule has 0 aliphatic heterocycles. The van der Waals surface area contributed by atoms with Crippen molar-refractivity contribution < 1.29 is 0 Å². The summed E-state index contributed by atoms with van der Waals surface area (Å²) in [5, 5.41) is 4.93. The van der Waals surface area contributed by atoms with E-state index in [1.165, 1.54) is 25.0 Å². The van der Waals surface area contributed by atoms with Gasteiger partial charge < -0.3 is 5.32 Å². The van der Waals surface area contributed by atoms with Crippen LogP contribution >= 0.6 is 35.0 Å². The van der Waals surface area contributed by atoms with Gasteiger partial charge in [0.25, 0.3) is 0 Å². The summed E-state index contributed by atoms with van der Waals surface area (Å²) >= 11 is 14.0. The molecule has 1 N–H and O–H groups in total. The molecule has 18 heavy (non-hydrogen) atoms. The molecular formula is C14H21Cl2NS. The van der Waals surface area contributed by atoms with Gasteiger partial charge in [0, 0.05) is 16.1 Å². The molecule has 1 aromatic rings. The lowest BCUT2D eigenvalue weighted by Gasteiger charge is -2.15. The quantitative estimate of drug-likeness (QED) is 0.664. The second-order valence-electron chi connectivity index (χ2n) is 4.40. The van der Waals surface area contributed by atoms with Crippen molar-refractivity contribution in [2.75, 3.05) is 18.6 Å². The number of benzene rings is 1. The first-order valence-electron chi connectivity index (χ1n) is 6.32. The molecule has 0 heterocycles. The molecule has 4 heteroatoms. The van der Waals surface area contributed by atoms with Gasteiger partial charge in [-0.05, 0) is 56.0 Å². The monoisotopic (exact) mass is 305 g/mol. The summed E-state index contributed by atoms with van der Waals surface area (Å²) in [7, 11) is 0. The number of thioether (sulfide) groups is 1. The molecule has 0 aromatic heterocycles. The van der Waals surface area contributed by atoms with E-state index in [-0.39, 0.29) is 6.04 Å². The van der Waals surface area contributed by atoms with Crippen LogP contribution in [-0.4, -0.2) is 18.6 Å². The highest BCUT2D eigenvalue weighted by atomic mass is 35.5. The molecule has 0 amide bonds. The molecule has 1 unspecified atom stereocenters. The van der Waals surface area contributed by atoms with Crippen molar-refractivity contribution in [3.8, 4) is 0 Å². The average molecular weight is 306 g/mol. The lowest BCUT2D eigenvalue weighted by atomic mass is 10.1. The van der Waals surface area contributed by atoms with Crippen LogP contribution in [0.5, 0.6) is 0 Å². The fraction of sp³-hybridized carbons (Fsp3) is 0.571. The van der Waals surface area contributed by atoms with Crippen molar-refractivity contribution >= 4 is 35.0 Å². The Hall–Kier alpha value is 0.110. The van der Waals surface area contributed by atoms with Crippen molar-refractivity contribution in [3.63, 3.8) is 0 Å². The largest absolute Gasteiger partial charge is 0.310 e. The molecule has 0 saturated carbocycles. The Kier molecular flexibility index (Phi) is 8.16. The molecule has 1 aromatic carbocycles. The molecular weight excluding hydrogens is 285 g/mol. The third kappa shape index (κ3) is 5.83. The standard InChI is InChI=1S/C14H21Cl2NS/c1-11(17-8-4-3-5-9-18-2)13-7-6-12(15)10-14(13)16/h6-7,10-11,17H,3-5,8-9H2,1-2H3. The van der Waals surface area contributed by atoms with Crippen LogP contribution in [0.15, 0.2) is 18.2 Å².